The van der Waals surface area contributed by atoms with Gasteiger partial charge >= 0.3 is 0 Å². The van der Waals surface area contributed by atoms with Crippen molar-refractivity contribution < 1.29 is 0 Å². The number of piperidine rings is 1. The lowest BCUT2D eigenvalue weighted by Gasteiger charge is -2.45. The van der Waals surface area contributed by atoms with Gasteiger partial charge in [0.25, 0.3) is 0 Å². The largest absolute Gasteiger partial charge is 0.316 e. The van der Waals surface area contributed by atoms with E-state index in [9.17, 15) is 0 Å². The summed E-state index contributed by atoms with van der Waals surface area (Å²) in [4.78, 5) is 0. The summed E-state index contributed by atoms with van der Waals surface area (Å²) in [7, 11) is 0. The first-order valence-corrected chi connectivity index (χ1v) is 8.85. The predicted molar refractivity (Wildman–Crippen MR) is 91.0 cm³/mol. The highest BCUT2D eigenvalue weighted by atomic mass is 35.5. The SMILES string of the molecule is CC1(C)CCCC2(CCNCC2c2ccccc2Cl)CC1. The number of rotatable bonds is 1. The van der Waals surface area contributed by atoms with Crippen LogP contribution < -0.4 is 5.32 Å². The predicted octanol–water partition coefficient (Wildman–Crippen LogP) is 5.39. The first-order valence-electron chi connectivity index (χ1n) is 8.48. The Morgan fingerprint density at radius 1 is 1.05 bits per heavy atom. The average molecular weight is 306 g/mol. The van der Waals surface area contributed by atoms with Crippen molar-refractivity contribution in [2.75, 3.05) is 13.1 Å². The third-order valence-electron chi connectivity index (χ3n) is 6.00. The van der Waals surface area contributed by atoms with Crippen LogP contribution in [0.3, 0.4) is 0 Å². The third-order valence-corrected chi connectivity index (χ3v) is 6.34. The van der Waals surface area contributed by atoms with Crippen LogP contribution in [0.15, 0.2) is 24.3 Å². The number of halogens is 1. The van der Waals surface area contributed by atoms with Crippen molar-refractivity contribution in [3.05, 3.63) is 34.9 Å². The Hall–Kier alpha value is -0.530. The van der Waals surface area contributed by atoms with Crippen LogP contribution in [-0.2, 0) is 0 Å². The lowest BCUT2D eigenvalue weighted by molar-refractivity contribution is 0.131. The summed E-state index contributed by atoms with van der Waals surface area (Å²) in [5.74, 6) is 0.578. The van der Waals surface area contributed by atoms with Gasteiger partial charge < -0.3 is 5.32 Å². The van der Waals surface area contributed by atoms with Gasteiger partial charge in [-0.15, -0.1) is 0 Å². The molecule has 0 aromatic heterocycles. The molecule has 1 aliphatic heterocycles. The van der Waals surface area contributed by atoms with Crippen LogP contribution in [0.2, 0.25) is 5.02 Å². The van der Waals surface area contributed by atoms with Gasteiger partial charge in [0.05, 0.1) is 0 Å². The van der Waals surface area contributed by atoms with Crippen LogP contribution in [0.4, 0.5) is 0 Å². The molecule has 0 amide bonds. The number of nitrogens with one attached hydrogen (secondary N) is 1. The maximum atomic E-state index is 6.53. The van der Waals surface area contributed by atoms with E-state index >= 15 is 0 Å². The number of benzene rings is 1. The van der Waals surface area contributed by atoms with Gasteiger partial charge in [-0.2, -0.15) is 0 Å². The zero-order chi connectivity index (χ0) is 14.9. The standard InChI is InChI=1S/C19H28ClN/c1-18(2)8-5-9-19(11-10-18)12-13-21-14-16(19)15-6-3-4-7-17(15)20/h3-4,6-7,16,21H,5,8-14H2,1-2H3. The zero-order valence-corrected chi connectivity index (χ0v) is 14.2. The molecule has 2 atom stereocenters. The maximum Gasteiger partial charge on any atom is 0.0441 e. The summed E-state index contributed by atoms with van der Waals surface area (Å²) in [6.45, 7) is 7.14. The van der Waals surface area contributed by atoms with Gasteiger partial charge in [-0.1, -0.05) is 50.1 Å². The zero-order valence-electron chi connectivity index (χ0n) is 13.4. The molecule has 2 heteroatoms. The lowest BCUT2D eigenvalue weighted by atomic mass is 9.63. The molecular weight excluding hydrogens is 278 g/mol. The van der Waals surface area contributed by atoms with Crippen molar-refractivity contribution in [2.24, 2.45) is 10.8 Å². The molecule has 116 valence electrons. The van der Waals surface area contributed by atoms with E-state index in [-0.39, 0.29) is 0 Å². The van der Waals surface area contributed by atoms with Gasteiger partial charge in [0.15, 0.2) is 0 Å². The van der Waals surface area contributed by atoms with E-state index in [4.69, 9.17) is 11.6 Å². The van der Waals surface area contributed by atoms with Crippen LogP contribution in [0.5, 0.6) is 0 Å². The molecule has 2 unspecified atom stereocenters. The average Bonchev–Trinajstić information content (AvgIpc) is 2.60. The fourth-order valence-corrected chi connectivity index (χ4v) is 4.79. The molecular formula is C19H28ClN. The van der Waals surface area contributed by atoms with Gasteiger partial charge in [0.2, 0.25) is 0 Å². The van der Waals surface area contributed by atoms with E-state index < -0.39 is 0 Å². The third kappa shape index (κ3) is 3.14. The molecule has 1 heterocycles. The Morgan fingerprint density at radius 2 is 1.86 bits per heavy atom. The molecule has 1 aliphatic carbocycles. The van der Waals surface area contributed by atoms with Crippen molar-refractivity contribution in [3.8, 4) is 0 Å². The molecule has 1 saturated heterocycles. The Kier molecular flexibility index (Phi) is 4.34. The van der Waals surface area contributed by atoms with E-state index in [1.807, 2.05) is 6.07 Å². The van der Waals surface area contributed by atoms with Crippen LogP contribution in [0.1, 0.15) is 63.9 Å². The van der Waals surface area contributed by atoms with Crippen molar-refractivity contribution >= 4 is 11.6 Å². The quantitative estimate of drug-likeness (QED) is 0.733. The van der Waals surface area contributed by atoms with Crippen molar-refractivity contribution in [1.29, 1.82) is 0 Å². The van der Waals surface area contributed by atoms with E-state index in [0.29, 0.717) is 16.7 Å². The van der Waals surface area contributed by atoms with Gasteiger partial charge in [-0.05, 0) is 61.1 Å². The van der Waals surface area contributed by atoms with Crippen molar-refractivity contribution in [1.82, 2.24) is 5.32 Å². The molecule has 0 bridgehead atoms. The Labute approximate surface area is 134 Å². The highest BCUT2D eigenvalue weighted by Gasteiger charge is 2.44. The fraction of sp³-hybridized carbons (Fsp3) is 0.684. The second-order valence-electron chi connectivity index (χ2n) is 7.91. The van der Waals surface area contributed by atoms with Crippen LogP contribution in [0.25, 0.3) is 0 Å². The maximum absolute atomic E-state index is 6.53. The minimum absolute atomic E-state index is 0.462. The molecule has 1 saturated carbocycles. The molecule has 1 aromatic rings. The molecule has 1 nitrogen and oxygen atoms in total. The number of hydrogen-bond donors (Lipinski definition) is 1. The Balaban J connectivity index is 1.92. The summed E-state index contributed by atoms with van der Waals surface area (Å²) >= 11 is 6.53. The molecule has 1 spiro atoms. The second-order valence-corrected chi connectivity index (χ2v) is 8.32. The molecule has 1 N–H and O–H groups in total. The highest BCUT2D eigenvalue weighted by molar-refractivity contribution is 6.31. The molecule has 1 aromatic carbocycles. The van der Waals surface area contributed by atoms with E-state index in [0.717, 1.165) is 11.6 Å². The highest BCUT2D eigenvalue weighted by Crippen LogP contribution is 2.53. The molecule has 0 radical (unpaired) electrons. The summed E-state index contributed by atoms with van der Waals surface area (Å²) in [5.41, 5.74) is 2.34. The summed E-state index contributed by atoms with van der Waals surface area (Å²) in [6, 6.07) is 8.49. The smallest absolute Gasteiger partial charge is 0.0441 e. The van der Waals surface area contributed by atoms with Crippen LogP contribution in [0, 0.1) is 10.8 Å². The van der Waals surface area contributed by atoms with E-state index in [1.54, 1.807) is 0 Å². The van der Waals surface area contributed by atoms with Crippen LogP contribution >= 0.6 is 11.6 Å². The topological polar surface area (TPSA) is 12.0 Å². The van der Waals surface area contributed by atoms with Crippen molar-refractivity contribution in [2.45, 2.75) is 58.3 Å². The van der Waals surface area contributed by atoms with Crippen molar-refractivity contribution in [3.63, 3.8) is 0 Å². The second kappa shape index (κ2) is 5.93. The van der Waals surface area contributed by atoms with Gasteiger partial charge in [-0.3, -0.25) is 0 Å². The minimum atomic E-state index is 0.462. The summed E-state index contributed by atoms with van der Waals surface area (Å²) < 4.78 is 0. The Morgan fingerprint density at radius 3 is 2.67 bits per heavy atom. The molecule has 3 rings (SSSR count). The molecule has 2 aliphatic rings. The molecule has 21 heavy (non-hydrogen) atoms. The van der Waals surface area contributed by atoms with Gasteiger partial charge in [-0.25, -0.2) is 0 Å². The summed E-state index contributed by atoms with van der Waals surface area (Å²) in [5, 5.41) is 4.57. The van der Waals surface area contributed by atoms with Gasteiger partial charge in [0.1, 0.15) is 0 Å². The first kappa shape index (κ1) is 15.4. The molecule has 2 fully saturated rings. The minimum Gasteiger partial charge on any atom is -0.316 e. The van der Waals surface area contributed by atoms with Gasteiger partial charge in [0, 0.05) is 17.5 Å². The number of hydrogen-bond acceptors (Lipinski definition) is 1. The lowest BCUT2D eigenvalue weighted by Crippen LogP contribution is -2.43. The van der Waals surface area contributed by atoms with E-state index in [2.05, 4.69) is 37.4 Å². The first-order chi connectivity index (χ1) is 10.0. The van der Waals surface area contributed by atoms with Crippen LogP contribution in [-0.4, -0.2) is 13.1 Å². The summed E-state index contributed by atoms with van der Waals surface area (Å²) in [6.07, 6.45) is 8.13. The monoisotopic (exact) mass is 305 g/mol. The fourth-order valence-electron chi connectivity index (χ4n) is 4.53. The Bertz CT molecular complexity index is 496. The normalized spacial score (nSPS) is 32.8. The van der Waals surface area contributed by atoms with E-state index in [1.165, 1.54) is 50.6 Å².